The molecule has 3 heteroatoms. The van der Waals surface area contributed by atoms with E-state index in [1.807, 2.05) is 0 Å². The van der Waals surface area contributed by atoms with Crippen LogP contribution in [0.15, 0.2) is 0 Å². The van der Waals surface area contributed by atoms with Gasteiger partial charge in [0.05, 0.1) is 0 Å². The molecule has 0 amide bonds. The van der Waals surface area contributed by atoms with Crippen molar-refractivity contribution in [2.24, 2.45) is 0 Å². The molecule has 1 fully saturated rings. The van der Waals surface area contributed by atoms with Gasteiger partial charge in [0.15, 0.2) is 5.96 Å². The lowest BCUT2D eigenvalue weighted by Crippen LogP contribution is -2.33. The standard InChI is InChI=1S/C9H19N3/c1-3-5-11-7-8-12(6-4-2)9(11)10/h10H,3-8H2,1-2H3. The van der Waals surface area contributed by atoms with Crippen LogP contribution in [0.5, 0.6) is 0 Å². The summed E-state index contributed by atoms with van der Waals surface area (Å²) in [5.41, 5.74) is 0. The average molecular weight is 169 g/mol. The van der Waals surface area contributed by atoms with Gasteiger partial charge in [-0.25, -0.2) is 0 Å². The summed E-state index contributed by atoms with van der Waals surface area (Å²) in [5.74, 6) is 0.735. The van der Waals surface area contributed by atoms with Crippen LogP contribution in [-0.4, -0.2) is 41.9 Å². The molecular weight excluding hydrogens is 150 g/mol. The minimum Gasteiger partial charge on any atom is -0.341 e. The van der Waals surface area contributed by atoms with Crippen LogP contribution in [0.2, 0.25) is 0 Å². The van der Waals surface area contributed by atoms with Crippen molar-refractivity contribution >= 4 is 5.96 Å². The van der Waals surface area contributed by atoms with E-state index in [0.717, 1.165) is 45.0 Å². The summed E-state index contributed by atoms with van der Waals surface area (Å²) in [7, 11) is 0. The predicted octanol–water partition coefficient (Wildman–Crippen LogP) is 1.36. The highest BCUT2D eigenvalue weighted by Gasteiger charge is 2.22. The highest BCUT2D eigenvalue weighted by atomic mass is 15.4. The van der Waals surface area contributed by atoms with E-state index in [9.17, 15) is 0 Å². The third-order valence-corrected chi connectivity index (χ3v) is 2.23. The Labute approximate surface area is 74.9 Å². The summed E-state index contributed by atoms with van der Waals surface area (Å²) in [6, 6.07) is 0. The van der Waals surface area contributed by atoms with E-state index in [4.69, 9.17) is 5.41 Å². The van der Waals surface area contributed by atoms with E-state index in [1.165, 1.54) is 0 Å². The quantitative estimate of drug-likeness (QED) is 0.688. The lowest BCUT2D eigenvalue weighted by molar-refractivity contribution is 0.454. The highest BCUT2D eigenvalue weighted by Crippen LogP contribution is 2.07. The first-order chi connectivity index (χ1) is 5.79. The first-order valence-electron chi connectivity index (χ1n) is 4.88. The molecule has 0 radical (unpaired) electrons. The van der Waals surface area contributed by atoms with Crippen LogP contribution in [0.25, 0.3) is 0 Å². The Morgan fingerprint density at radius 1 is 1.08 bits per heavy atom. The smallest absolute Gasteiger partial charge is 0.193 e. The van der Waals surface area contributed by atoms with Gasteiger partial charge in [0.25, 0.3) is 0 Å². The highest BCUT2D eigenvalue weighted by molar-refractivity contribution is 5.78. The topological polar surface area (TPSA) is 30.3 Å². The number of rotatable bonds is 4. The van der Waals surface area contributed by atoms with Gasteiger partial charge < -0.3 is 9.80 Å². The van der Waals surface area contributed by atoms with Crippen LogP contribution in [0.3, 0.4) is 0 Å². The van der Waals surface area contributed by atoms with Gasteiger partial charge in [-0.3, -0.25) is 5.41 Å². The van der Waals surface area contributed by atoms with Crippen molar-refractivity contribution < 1.29 is 0 Å². The minimum absolute atomic E-state index is 0.735. The molecular formula is C9H19N3. The van der Waals surface area contributed by atoms with E-state index in [1.54, 1.807) is 0 Å². The van der Waals surface area contributed by atoms with E-state index in [-0.39, 0.29) is 0 Å². The molecule has 0 saturated carbocycles. The van der Waals surface area contributed by atoms with Gasteiger partial charge in [0, 0.05) is 26.2 Å². The monoisotopic (exact) mass is 169 g/mol. The van der Waals surface area contributed by atoms with E-state index in [0.29, 0.717) is 0 Å². The second-order valence-electron chi connectivity index (χ2n) is 3.30. The third kappa shape index (κ3) is 1.90. The third-order valence-electron chi connectivity index (χ3n) is 2.23. The first-order valence-corrected chi connectivity index (χ1v) is 4.88. The van der Waals surface area contributed by atoms with Crippen molar-refractivity contribution in [3.05, 3.63) is 0 Å². The summed E-state index contributed by atoms with van der Waals surface area (Å²) in [6.45, 7) is 8.50. The molecule has 1 aliphatic heterocycles. The maximum Gasteiger partial charge on any atom is 0.193 e. The number of guanidine groups is 1. The summed E-state index contributed by atoms with van der Waals surface area (Å²) < 4.78 is 0. The first kappa shape index (κ1) is 9.36. The molecule has 1 rings (SSSR count). The molecule has 3 nitrogen and oxygen atoms in total. The molecule has 70 valence electrons. The van der Waals surface area contributed by atoms with Crippen molar-refractivity contribution in [1.82, 2.24) is 9.80 Å². The molecule has 0 aromatic carbocycles. The molecule has 0 spiro atoms. The van der Waals surface area contributed by atoms with Crippen LogP contribution in [0, 0.1) is 5.41 Å². The second kappa shape index (κ2) is 4.33. The number of nitrogens with one attached hydrogen (secondary N) is 1. The summed E-state index contributed by atoms with van der Waals surface area (Å²) in [4.78, 5) is 4.32. The van der Waals surface area contributed by atoms with Crippen LogP contribution in [0.1, 0.15) is 26.7 Å². The maximum atomic E-state index is 7.82. The lowest BCUT2D eigenvalue weighted by Gasteiger charge is -2.20. The number of nitrogens with zero attached hydrogens (tertiary/aromatic N) is 2. The molecule has 0 aliphatic carbocycles. The summed E-state index contributed by atoms with van der Waals surface area (Å²) >= 11 is 0. The Kier molecular flexibility index (Phi) is 3.38. The molecule has 0 aromatic heterocycles. The molecule has 0 bridgehead atoms. The van der Waals surface area contributed by atoms with Gasteiger partial charge in [-0.2, -0.15) is 0 Å². The van der Waals surface area contributed by atoms with Gasteiger partial charge in [-0.05, 0) is 12.8 Å². The average Bonchev–Trinajstić information content (AvgIpc) is 2.38. The molecule has 1 N–H and O–H groups in total. The molecule has 1 saturated heterocycles. The number of hydrogen-bond acceptors (Lipinski definition) is 1. The molecule has 0 unspecified atom stereocenters. The number of hydrogen-bond donors (Lipinski definition) is 1. The Morgan fingerprint density at radius 2 is 1.50 bits per heavy atom. The van der Waals surface area contributed by atoms with Crippen molar-refractivity contribution in [1.29, 1.82) is 5.41 Å². The molecule has 1 heterocycles. The van der Waals surface area contributed by atoms with Gasteiger partial charge >= 0.3 is 0 Å². The Bertz CT molecular complexity index is 140. The Balaban J connectivity index is 2.38. The molecule has 0 atom stereocenters. The van der Waals surface area contributed by atoms with E-state index < -0.39 is 0 Å². The van der Waals surface area contributed by atoms with Crippen molar-refractivity contribution in [2.75, 3.05) is 26.2 Å². The van der Waals surface area contributed by atoms with Crippen molar-refractivity contribution in [3.63, 3.8) is 0 Å². The molecule has 0 aromatic rings. The maximum absolute atomic E-state index is 7.82. The van der Waals surface area contributed by atoms with Crippen LogP contribution >= 0.6 is 0 Å². The Morgan fingerprint density at radius 3 is 1.83 bits per heavy atom. The van der Waals surface area contributed by atoms with E-state index in [2.05, 4.69) is 23.6 Å². The lowest BCUT2D eigenvalue weighted by atomic mass is 10.4. The molecule has 12 heavy (non-hydrogen) atoms. The van der Waals surface area contributed by atoms with Crippen LogP contribution in [-0.2, 0) is 0 Å². The van der Waals surface area contributed by atoms with E-state index >= 15 is 0 Å². The summed E-state index contributed by atoms with van der Waals surface area (Å²) in [6.07, 6.45) is 2.28. The fourth-order valence-corrected chi connectivity index (χ4v) is 1.63. The van der Waals surface area contributed by atoms with Crippen LogP contribution < -0.4 is 0 Å². The van der Waals surface area contributed by atoms with Gasteiger partial charge in [-0.1, -0.05) is 13.8 Å². The van der Waals surface area contributed by atoms with Crippen molar-refractivity contribution in [3.8, 4) is 0 Å². The largest absolute Gasteiger partial charge is 0.341 e. The Hall–Kier alpha value is -0.730. The molecule has 1 aliphatic rings. The fourth-order valence-electron chi connectivity index (χ4n) is 1.63. The summed E-state index contributed by atoms with van der Waals surface area (Å²) in [5, 5.41) is 7.82. The van der Waals surface area contributed by atoms with Gasteiger partial charge in [-0.15, -0.1) is 0 Å². The fraction of sp³-hybridized carbons (Fsp3) is 0.889. The SMILES string of the molecule is CCCN1CCN(CCC)C1=N. The predicted molar refractivity (Wildman–Crippen MR) is 51.5 cm³/mol. The normalized spacial score (nSPS) is 17.7. The zero-order chi connectivity index (χ0) is 8.97. The van der Waals surface area contributed by atoms with Crippen molar-refractivity contribution in [2.45, 2.75) is 26.7 Å². The van der Waals surface area contributed by atoms with Gasteiger partial charge in [0.1, 0.15) is 0 Å². The zero-order valence-electron chi connectivity index (χ0n) is 8.14. The zero-order valence-corrected chi connectivity index (χ0v) is 8.14. The van der Waals surface area contributed by atoms with Crippen LogP contribution in [0.4, 0.5) is 0 Å². The van der Waals surface area contributed by atoms with Gasteiger partial charge in [0.2, 0.25) is 0 Å². The minimum atomic E-state index is 0.735. The second-order valence-corrected chi connectivity index (χ2v) is 3.30.